The summed E-state index contributed by atoms with van der Waals surface area (Å²) in [5, 5.41) is 5.83. The molecule has 0 aromatic carbocycles. The van der Waals surface area contributed by atoms with Crippen LogP contribution in [0.4, 0.5) is 4.79 Å². The second-order valence-electron chi connectivity index (χ2n) is 10.4. The molecule has 1 saturated carbocycles. The van der Waals surface area contributed by atoms with E-state index in [0.29, 0.717) is 50.3 Å². The summed E-state index contributed by atoms with van der Waals surface area (Å²) in [6.07, 6.45) is 6.30. The average Bonchev–Trinajstić information content (AvgIpc) is 3.30. The molecule has 9 heteroatoms. The monoisotopic (exact) mass is 444 g/mol. The molecule has 2 unspecified atom stereocenters. The molecule has 2 saturated heterocycles. The van der Waals surface area contributed by atoms with E-state index in [1.54, 1.807) is 11.0 Å². The van der Waals surface area contributed by atoms with Crippen molar-refractivity contribution in [3.05, 3.63) is 24.2 Å². The number of furan rings is 1. The van der Waals surface area contributed by atoms with Crippen molar-refractivity contribution in [2.45, 2.75) is 64.5 Å². The molecule has 1 spiro atoms. The summed E-state index contributed by atoms with van der Waals surface area (Å²) in [4.78, 5) is 53.6. The van der Waals surface area contributed by atoms with Gasteiger partial charge in [-0.05, 0) is 49.5 Å². The Bertz CT molecular complexity index is 903. The maximum Gasteiger partial charge on any atom is 0.325 e. The van der Waals surface area contributed by atoms with Gasteiger partial charge in [0.25, 0.3) is 11.8 Å². The minimum Gasteiger partial charge on any atom is -0.472 e. The molecule has 1 aromatic heterocycles. The quantitative estimate of drug-likeness (QED) is 0.691. The van der Waals surface area contributed by atoms with Crippen molar-refractivity contribution in [2.75, 3.05) is 19.6 Å². The lowest BCUT2D eigenvalue weighted by molar-refractivity contribution is -0.137. The standard InChI is InChI=1S/C23H32N4O5/c1-15-10-22(2,3)14-23(11-15)20(30)27(21(31)25-23)12-18(28)24-17-4-7-26(8-5-17)19(29)16-6-9-32-13-16/h6,9,13,15,17H,4-5,7-8,10-12,14H2,1-3H3,(H,24,28)(H,25,31). The number of hydrogen-bond acceptors (Lipinski definition) is 5. The van der Waals surface area contributed by atoms with Crippen LogP contribution in [0.5, 0.6) is 0 Å². The SMILES string of the molecule is CC1CC(C)(C)CC2(C1)NC(=O)N(CC(=O)NC1CCN(C(=O)c3ccoc3)CC1)C2=O. The third-order valence-corrected chi connectivity index (χ3v) is 6.84. The van der Waals surface area contributed by atoms with E-state index in [-0.39, 0.29) is 35.7 Å². The third-order valence-electron chi connectivity index (χ3n) is 6.84. The second-order valence-corrected chi connectivity index (χ2v) is 10.4. The number of hydrogen-bond donors (Lipinski definition) is 2. The summed E-state index contributed by atoms with van der Waals surface area (Å²) in [5.41, 5.74) is -0.446. The average molecular weight is 445 g/mol. The Balaban J connectivity index is 1.30. The normalized spacial score (nSPS) is 28.2. The highest BCUT2D eigenvalue weighted by Crippen LogP contribution is 2.46. The zero-order valence-electron chi connectivity index (χ0n) is 19.0. The number of nitrogens with one attached hydrogen (secondary N) is 2. The zero-order valence-corrected chi connectivity index (χ0v) is 19.0. The van der Waals surface area contributed by atoms with Crippen LogP contribution in [0.25, 0.3) is 0 Å². The molecule has 9 nitrogen and oxygen atoms in total. The molecule has 2 N–H and O–H groups in total. The topological polar surface area (TPSA) is 112 Å². The number of carbonyl (C=O) groups is 4. The van der Waals surface area contributed by atoms with Crippen LogP contribution in [0.15, 0.2) is 23.0 Å². The van der Waals surface area contributed by atoms with Crippen molar-refractivity contribution in [1.29, 1.82) is 0 Å². The molecule has 3 fully saturated rings. The molecule has 0 radical (unpaired) electrons. The fourth-order valence-corrected chi connectivity index (χ4v) is 5.86. The lowest BCUT2D eigenvalue weighted by Crippen LogP contribution is -2.54. The molecule has 2 aliphatic heterocycles. The highest BCUT2D eigenvalue weighted by molar-refractivity contribution is 6.09. The molecule has 3 aliphatic rings. The summed E-state index contributed by atoms with van der Waals surface area (Å²) >= 11 is 0. The van der Waals surface area contributed by atoms with Gasteiger partial charge in [-0.1, -0.05) is 20.8 Å². The van der Waals surface area contributed by atoms with E-state index in [2.05, 4.69) is 31.4 Å². The number of nitrogens with zero attached hydrogens (tertiary/aromatic N) is 2. The minimum atomic E-state index is -0.905. The van der Waals surface area contributed by atoms with Crippen molar-refractivity contribution < 1.29 is 23.6 Å². The van der Waals surface area contributed by atoms with Gasteiger partial charge < -0.3 is 20.0 Å². The number of imide groups is 1. The Kier molecular flexibility index (Phi) is 5.77. The van der Waals surface area contributed by atoms with Crippen molar-refractivity contribution >= 4 is 23.8 Å². The van der Waals surface area contributed by atoms with Gasteiger partial charge in [0.05, 0.1) is 11.8 Å². The maximum absolute atomic E-state index is 13.2. The van der Waals surface area contributed by atoms with Crippen LogP contribution in [0.3, 0.4) is 0 Å². The molecule has 174 valence electrons. The highest BCUT2D eigenvalue weighted by Gasteiger charge is 2.56. The molecule has 0 bridgehead atoms. The lowest BCUT2D eigenvalue weighted by Gasteiger charge is -2.43. The number of piperidine rings is 1. The largest absolute Gasteiger partial charge is 0.472 e. The van der Waals surface area contributed by atoms with Gasteiger partial charge in [0.15, 0.2) is 0 Å². The molecule has 2 atom stereocenters. The third kappa shape index (κ3) is 4.38. The van der Waals surface area contributed by atoms with E-state index in [0.717, 1.165) is 11.3 Å². The van der Waals surface area contributed by atoms with Crippen LogP contribution in [0.1, 0.15) is 63.2 Å². The van der Waals surface area contributed by atoms with E-state index < -0.39 is 11.6 Å². The maximum atomic E-state index is 13.2. The van der Waals surface area contributed by atoms with Crippen molar-refractivity contribution in [3.63, 3.8) is 0 Å². The van der Waals surface area contributed by atoms with Gasteiger partial charge in [0.2, 0.25) is 5.91 Å². The number of urea groups is 1. The Morgan fingerprint density at radius 3 is 2.56 bits per heavy atom. The first-order valence-electron chi connectivity index (χ1n) is 11.3. The predicted molar refractivity (Wildman–Crippen MR) is 116 cm³/mol. The fraction of sp³-hybridized carbons (Fsp3) is 0.652. The van der Waals surface area contributed by atoms with Crippen LogP contribution < -0.4 is 10.6 Å². The number of carbonyl (C=O) groups excluding carboxylic acids is 4. The molecule has 5 amide bonds. The lowest BCUT2D eigenvalue weighted by atomic mass is 9.64. The molecule has 32 heavy (non-hydrogen) atoms. The number of likely N-dealkylation sites (tertiary alicyclic amines) is 1. The van der Waals surface area contributed by atoms with E-state index in [1.165, 1.54) is 12.5 Å². The Labute approximate surface area is 187 Å². The summed E-state index contributed by atoms with van der Waals surface area (Å²) in [6, 6.07) is 1.05. The van der Waals surface area contributed by atoms with Gasteiger partial charge in [0, 0.05) is 19.1 Å². The Hall–Kier alpha value is -2.84. The molecule has 1 aromatic rings. The van der Waals surface area contributed by atoms with Crippen molar-refractivity contribution in [2.24, 2.45) is 11.3 Å². The molecular weight excluding hydrogens is 412 g/mol. The van der Waals surface area contributed by atoms with Crippen molar-refractivity contribution in [1.82, 2.24) is 20.4 Å². The second kappa shape index (κ2) is 8.26. The fourth-order valence-electron chi connectivity index (χ4n) is 5.86. The minimum absolute atomic E-state index is 0.0548. The van der Waals surface area contributed by atoms with Gasteiger partial charge in [0.1, 0.15) is 18.3 Å². The van der Waals surface area contributed by atoms with Crippen LogP contribution in [0.2, 0.25) is 0 Å². The zero-order chi connectivity index (χ0) is 23.1. The van der Waals surface area contributed by atoms with E-state index in [4.69, 9.17) is 4.42 Å². The number of amides is 5. The van der Waals surface area contributed by atoms with Crippen LogP contribution in [-0.2, 0) is 9.59 Å². The molecule has 3 heterocycles. The highest BCUT2D eigenvalue weighted by atomic mass is 16.3. The van der Waals surface area contributed by atoms with Gasteiger partial charge >= 0.3 is 6.03 Å². The first-order valence-corrected chi connectivity index (χ1v) is 11.3. The van der Waals surface area contributed by atoms with Gasteiger partial charge in [-0.3, -0.25) is 19.3 Å². The van der Waals surface area contributed by atoms with Gasteiger partial charge in [-0.25, -0.2) is 4.79 Å². The van der Waals surface area contributed by atoms with E-state index >= 15 is 0 Å². The summed E-state index contributed by atoms with van der Waals surface area (Å²) < 4.78 is 4.97. The van der Waals surface area contributed by atoms with Crippen LogP contribution in [0, 0.1) is 11.3 Å². The molecule has 4 rings (SSSR count). The number of rotatable bonds is 4. The molecular formula is C23H32N4O5. The predicted octanol–water partition coefficient (Wildman–Crippen LogP) is 2.14. The Morgan fingerprint density at radius 2 is 1.94 bits per heavy atom. The van der Waals surface area contributed by atoms with Crippen molar-refractivity contribution in [3.8, 4) is 0 Å². The first-order chi connectivity index (χ1) is 15.1. The summed E-state index contributed by atoms with van der Waals surface area (Å²) in [7, 11) is 0. The van der Waals surface area contributed by atoms with Gasteiger partial charge in [-0.15, -0.1) is 0 Å². The first kappa shape index (κ1) is 22.4. The Morgan fingerprint density at radius 1 is 1.22 bits per heavy atom. The van der Waals surface area contributed by atoms with Gasteiger partial charge in [-0.2, -0.15) is 0 Å². The summed E-state index contributed by atoms with van der Waals surface area (Å²) in [6.45, 7) is 7.09. The summed E-state index contributed by atoms with van der Waals surface area (Å²) in [5.74, 6) is -0.421. The smallest absolute Gasteiger partial charge is 0.325 e. The van der Waals surface area contributed by atoms with E-state index in [9.17, 15) is 19.2 Å². The molecule has 1 aliphatic carbocycles. The van der Waals surface area contributed by atoms with E-state index in [1.807, 2.05) is 0 Å². The van der Waals surface area contributed by atoms with Crippen LogP contribution in [-0.4, -0.2) is 64.8 Å². The van der Waals surface area contributed by atoms with Crippen LogP contribution >= 0.6 is 0 Å².